The number of aromatic amines is 1. The van der Waals surface area contributed by atoms with E-state index in [1.54, 1.807) is 6.20 Å². The summed E-state index contributed by atoms with van der Waals surface area (Å²) < 4.78 is 0. The van der Waals surface area contributed by atoms with Gasteiger partial charge < -0.3 is 4.98 Å². The van der Waals surface area contributed by atoms with Crippen LogP contribution in [0.4, 0.5) is 0 Å². The Hall–Kier alpha value is -0.800. The summed E-state index contributed by atoms with van der Waals surface area (Å²) >= 11 is 0. The molecule has 3 nitrogen and oxygen atoms in total. The fourth-order valence-corrected chi connectivity index (χ4v) is 0.793. The SMILES string of the molecule is Cl.Cl.c1ncc2cc[nH]c2n1. The fraction of sp³-hybridized carbons (Fsp3) is 0. The zero-order valence-corrected chi connectivity index (χ0v) is 7.15. The maximum Gasteiger partial charge on any atom is 0.140 e. The zero-order chi connectivity index (χ0) is 6.10. The Morgan fingerprint density at radius 2 is 2.09 bits per heavy atom. The monoisotopic (exact) mass is 191 g/mol. The quantitative estimate of drug-likeness (QED) is 0.691. The molecule has 0 spiro atoms. The minimum absolute atomic E-state index is 0. The number of nitrogens with one attached hydrogen (secondary N) is 1. The first kappa shape index (κ1) is 10.2. The van der Waals surface area contributed by atoms with E-state index in [2.05, 4.69) is 15.0 Å². The van der Waals surface area contributed by atoms with Crippen LogP contribution in [-0.4, -0.2) is 15.0 Å². The number of hydrogen-bond acceptors (Lipinski definition) is 2. The lowest BCUT2D eigenvalue weighted by Gasteiger charge is -1.81. The molecule has 1 N–H and O–H groups in total. The zero-order valence-electron chi connectivity index (χ0n) is 5.52. The molecule has 0 bridgehead atoms. The van der Waals surface area contributed by atoms with Crippen LogP contribution in [0.3, 0.4) is 0 Å². The van der Waals surface area contributed by atoms with Crippen LogP contribution >= 0.6 is 24.8 Å². The van der Waals surface area contributed by atoms with Crippen molar-refractivity contribution in [3.63, 3.8) is 0 Å². The minimum Gasteiger partial charge on any atom is -0.346 e. The summed E-state index contributed by atoms with van der Waals surface area (Å²) in [6, 6.07) is 1.94. The molecule has 5 heteroatoms. The highest BCUT2D eigenvalue weighted by molar-refractivity contribution is 5.85. The molecule has 0 saturated carbocycles. The van der Waals surface area contributed by atoms with Crippen molar-refractivity contribution in [2.45, 2.75) is 0 Å². The van der Waals surface area contributed by atoms with Gasteiger partial charge in [-0.3, -0.25) is 0 Å². The third-order valence-electron chi connectivity index (χ3n) is 1.22. The van der Waals surface area contributed by atoms with Crippen molar-refractivity contribution < 1.29 is 0 Å². The van der Waals surface area contributed by atoms with E-state index < -0.39 is 0 Å². The summed E-state index contributed by atoms with van der Waals surface area (Å²) in [4.78, 5) is 10.8. The van der Waals surface area contributed by atoms with Crippen LogP contribution in [0.5, 0.6) is 0 Å². The van der Waals surface area contributed by atoms with E-state index in [0.717, 1.165) is 11.0 Å². The second-order valence-electron chi connectivity index (χ2n) is 1.80. The summed E-state index contributed by atoms with van der Waals surface area (Å²) in [6.45, 7) is 0. The first-order chi connectivity index (χ1) is 4.47. The molecule has 2 aromatic heterocycles. The predicted octanol–water partition coefficient (Wildman–Crippen LogP) is 1.80. The third kappa shape index (κ3) is 1.82. The molecule has 0 radical (unpaired) electrons. The molecular weight excluding hydrogens is 185 g/mol. The fourth-order valence-electron chi connectivity index (χ4n) is 0.793. The summed E-state index contributed by atoms with van der Waals surface area (Å²) in [6.07, 6.45) is 5.15. The van der Waals surface area contributed by atoms with Crippen molar-refractivity contribution >= 4 is 35.8 Å². The maximum atomic E-state index is 3.97. The van der Waals surface area contributed by atoms with Crippen LogP contribution in [0, 0.1) is 0 Å². The van der Waals surface area contributed by atoms with Crippen LogP contribution < -0.4 is 0 Å². The molecule has 0 atom stereocenters. The Balaban J connectivity index is 0.000000500. The van der Waals surface area contributed by atoms with Gasteiger partial charge in [-0.15, -0.1) is 24.8 Å². The van der Waals surface area contributed by atoms with Gasteiger partial charge in [0, 0.05) is 17.8 Å². The number of nitrogens with zero attached hydrogens (tertiary/aromatic N) is 2. The highest BCUT2D eigenvalue weighted by Crippen LogP contribution is 2.03. The van der Waals surface area contributed by atoms with Gasteiger partial charge in [0.05, 0.1) is 0 Å². The van der Waals surface area contributed by atoms with E-state index in [1.807, 2.05) is 12.3 Å². The Morgan fingerprint density at radius 3 is 2.82 bits per heavy atom. The molecule has 60 valence electrons. The minimum atomic E-state index is 0. The molecule has 0 aliphatic rings. The van der Waals surface area contributed by atoms with Gasteiger partial charge >= 0.3 is 0 Å². The van der Waals surface area contributed by atoms with Crippen LogP contribution in [0.2, 0.25) is 0 Å². The van der Waals surface area contributed by atoms with E-state index >= 15 is 0 Å². The molecule has 2 rings (SSSR count). The van der Waals surface area contributed by atoms with E-state index in [0.29, 0.717) is 0 Å². The lowest BCUT2D eigenvalue weighted by atomic mass is 10.4. The Morgan fingerprint density at radius 1 is 1.27 bits per heavy atom. The summed E-state index contributed by atoms with van der Waals surface area (Å²) in [7, 11) is 0. The summed E-state index contributed by atoms with van der Waals surface area (Å²) in [5.41, 5.74) is 0.894. The van der Waals surface area contributed by atoms with Gasteiger partial charge in [0.1, 0.15) is 12.0 Å². The van der Waals surface area contributed by atoms with Crippen molar-refractivity contribution in [1.82, 2.24) is 15.0 Å². The lowest BCUT2D eigenvalue weighted by Crippen LogP contribution is -1.75. The molecule has 0 saturated heterocycles. The normalized spacial score (nSPS) is 8.36. The van der Waals surface area contributed by atoms with E-state index in [9.17, 15) is 0 Å². The highest BCUT2D eigenvalue weighted by Gasteiger charge is 1.89. The molecule has 0 unspecified atom stereocenters. The number of halogens is 2. The largest absolute Gasteiger partial charge is 0.346 e. The Labute approximate surface area is 76.1 Å². The molecule has 0 aromatic carbocycles. The number of hydrogen-bond donors (Lipinski definition) is 1. The number of H-pyrrole nitrogens is 1. The van der Waals surface area contributed by atoms with Crippen molar-refractivity contribution in [3.8, 4) is 0 Å². The first-order valence-electron chi connectivity index (χ1n) is 2.70. The average Bonchev–Trinajstić information content (AvgIpc) is 2.33. The lowest BCUT2D eigenvalue weighted by molar-refractivity contribution is 1.20. The van der Waals surface area contributed by atoms with Crippen LogP contribution in [0.1, 0.15) is 0 Å². The summed E-state index contributed by atoms with van der Waals surface area (Å²) in [5, 5.41) is 1.05. The predicted molar refractivity (Wildman–Crippen MR) is 48.4 cm³/mol. The van der Waals surface area contributed by atoms with Gasteiger partial charge in [-0.25, -0.2) is 9.97 Å². The standard InChI is InChI=1S/C6H5N3.2ClH/c1-2-8-6-5(1)3-7-4-9-6;;/h1-4H,(H,7,8,9);2*1H. The molecule has 0 fully saturated rings. The second-order valence-corrected chi connectivity index (χ2v) is 1.80. The third-order valence-corrected chi connectivity index (χ3v) is 1.22. The number of rotatable bonds is 0. The number of fused-ring (bicyclic) bond motifs is 1. The van der Waals surface area contributed by atoms with Crippen molar-refractivity contribution in [2.75, 3.05) is 0 Å². The van der Waals surface area contributed by atoms with Crippen molar-refractivity contribution in [1.29, 1.82) is 0 Å². The van der Waals surface area contributed by atoms with Crippen LogP contribution in [0.15, 0.2) is 24.8 Å². The van der Waals surface area contributed by atoms with Gasteiger partial charge in [0.15, 0.2) is 0 Å². The van der Waals surface area contributed by atoms with Crippen LogP contribution in [-0.2, 0) is 0 Å². The van der Waals surface area contributed by atoms with Gasteiger partial charge in [0.2, 0.25) is 0 Å². The number of aromatic nitrogens is 3. The molecule has 0 amide bonds. The van der Waals surface area contributed by atoms with Gasteiger partial charge in [0.25, 0.3) is 0 Å². The van der Waals surface area contributed by atoms with Crippen LogP contribution in [0.25, 0.3) is 11.0 Å². The first-order valence-corrected chi connectivity index (χ1v) is 2.70. The van der Waals surface area contributed by atoms with Gasteiger partial charge in [-0.1, -0.05) is 0 Å². The van der Waals surface area contributed by atoms with Crippen molar-refractivity contribution in [3.05, 3.63) is 24.8 Å². The van der Waals surface area contributed by atoms with E-state index in [4.69, 9.17) is 0 Å². The van der Waals surface area contributed by atoms with E-state index in [1.165, 1.54) is 6.33 Å². The molecule has 2 heterocycles. The average molecular weight is 192 g/mol. The topological polar surface area (TPSA) is 41.6 Å². The van der Waals surface area contributed by atoms with Gasteiger partial charge in [-0.05, 0) is 6.07 Å². The molecule has 2 aromatic rings. The summed E-state index contributed by atoms with van der Waals surface area (Å²) in [5.74, 6) is 0. The Kier molecular flexibility index (Phi) is 3.85. The second kappa shape index (κ2) is 4.16. The van der Waals surface area contributed by atoms with Gasteiger partial charge in [-0.2, -0.15) is 0 Å². The molecule has 11 heavy (non-hydrogen) atoms. The smallest absolute Gasteiger partial charge is 0.140 e. The molecular formula is C6H7Cl2N3. The maximum absolute atomic E-state index is 3.97. The molecule has 0 aliphatic carbocycles. The molecule has 0 aliphatic heterocycles. The Bertz CT molecular complexity index is 290. The van der Waals surface area contributed by atoms with E-state index in [-0.39, 0.29) is 24.8 Å². The van der Waals surface area contributed by atoms with Crippen molar-refractivity contribution in [2.24, 2.45) is 0 Å². The highest BCUT2D eigenvalue weighted by atomic mass is 35.5.